The third kappa shape index (κ3) is 3.46. The molecule has 7 heteroatoms. The van der Waals surface area contributed by atoms with E-state index in [0.717, 1.165) is 25.9 Å². The van der Waals surface area contributed by atoms with Crippen LogP contribution in [0.25, 0.3) is 0 Å². The van der Waals surface area contributed by atoms with Crippen LogP contribution in [0.2, 0.25) is 0 Å². The van der Waals surface area contributed by atoms with Crippen molar-refractivity contribution in [2.75, 3.05) is 33.2 Å². The Kier molecular flexibility index (Phi) is 4.84. The molecule has 0 aliphatic carbocycles. The van der Waals surface area contributed by atoms with Gasteiger partial charge in [-0.05, 0) is 33.2 Å². The second-order valence-corrected chi connectivity index (χ2v) is 7.59. The topological polar surface area (TPSA) is 61.9 Å². The van der Waals surface area contributed by atoms with Crippen molar-refractivity contribution in [3.05, 3.63) is 0 Å². The second kappa shape index (κ2) is 6.05. The molecule has 0 bridgehead atoms. The lowest BCUT2D eigenvalue weighted by Crippen LogP contribution is -2.56. The van der Waals surface area contributed by atoms with E-state index in [1.54, 1.807) is 11.4 Å². The van der Waals surface area contributed by atoms with Crippen molar-refractivity contribution in [1.82, 2.24) is 13.9 Å². The molecule has 0 aromatic rings. The first-order valence-corrected chi connectivity index (χ1v) is 8.40. The maximum absolute atomic E-state index is 12.6. The van der Waals surface area contributed by atoms with Crippen LogP contribution in [0.4, 0.5) is 0 Å². The molecule has 2 rings (SSSR count). The summed E-state index contributed by atoms with van der Waals surface area (Å²) in [6.07, 6.45) is 1.87. The zero-order valence-corrected chi connectivity index (χ0v) is 12.8. The smallest absolute Gasteiger partial charge is 0.282 e. The zero-order valence-electron chi connectivity index (χ0n) is 12.0. The van der Waals surface area contributed by atoms with Gasteiger partial charge in [-0.3, -0.25) is 0 Å². The van der Waals surface area contributed by atoms with Crippen LogP contribution >= 0.6 is 0 Å². The summed E-state index contributed by atoms with van der Waals surface area (Å²) in [7, 11) is -1.69. The Morgan fingerprint density at radius 3 is 2.42 bits per heavy atom. The van der Waals surface area contributed by atoms with Crippen LogP contribution in [0.1, 0.15) is 26.7 Å². The zero-order chi connectivity index (χ0) is 14.0. The number of piperidine rings is 1. The molecule has 3 atom stereocenters. The molecule has 2 fully saturated rings. The lowest BCUT2D eigenvalue weighted by atomic mass is 10.1. The van der Waals surface area contributed by atoms with E-state index >= 15 is 0 Å². The predicted molar refractivity (Wildman–Crippen MR) is 74.2 cm³/mol. The van der Waals surface area contributed by atoms with Gasteiger partial charge in [0.15, 0.2) is 0 Å². The molecular formula is C12H25N3O3S. The van der Waals surface area contributed by atoms with Crippen molar-refractivity contribution in [2.45, 2.75) is 44.9 Å². The standard InChI is InChI=1S/C12H25N3O3S/c1-10-8-15(9-11(2)18-10)19(16,17)14(3)12-5-4-6-13-7-12/h10-13H,4-9H2,1-3H3. The van der Waals surface area contributed by atoms with Gasteiger partial charge in [0.05, 0.1) is 12.2 Å². The number of likely N-dealkylation sites (N-methyl/N-ethyl adjacent to an activating group) is 1. The highest BCUT2D eigenvalue weighted by Crippen LogP contribution is 2.20. The summed E-state index contributed by atoms with van der Waals surface area (Å²) in [6, 6.07) is 0.0622. The Hall–Kier alpha value is -0.210. The predicted octanol–water partition coefficient (Wildman–Crippen LogP) is 0.0242. The van der Waals surface area contributed by atoms with Gasteiger partial charge in [-0.2, -0.15) is 17.0 Å². The molecule has 0 amide bonds. The molecule has 1 N–H and O–H groups in total. The van der Waals surface area contributed by atoms with Crippen LogP contribution in [-0.2, 0) is 14.9 Å². The molecule has 0 aromatic carbocycles. The summed E-state index contributed by atoms with van der Waals surface area (Å²) in [5.74, 6) is 0. The van der Waals surface area contributed by atoms with E-state index in [-0.39, 0.29) is 18.2 Å². The molecule has 19 heavy (non-hydrogen) atoms. The average molecular weight is 291 g/mol. The highest BCUT2D eigenvalue weighted by molar-refractivity contribution is 7.86. The van der Waals surface area contributed by atoms with E-state index in [1.165, 1.54) is 4.31 Å². The van der Waals surface area contributed by atoms with E-state index in [4.69, 9.17) is 4.74 Å². The molecule has 3 unspecified atom stereocenters. The van der Waals surface area contributed by atoms with Crippen molar-refractivity contribution in [1.29, 1.82) is 0 Å². The van der Waals surface area contributed by atoms with Crippen LogP contribution < -0.4 is 5.32 Å². The van der Waals surface area contributed by atoms with Gasteiger partial charge in [-0.25, -0.2) is 0 Å². The summed E-state index contributed by atoms with van der Waals surface area (Å²) < 4.78 is 34.0. The molecule has 2 aliphatic rings. The quantitative estimate of drug-likeness (QED) is 0.796. The van der Waals surface area contributed by atoms with E-state index < -0.39 is 10.2 Å². The molecule has 0 spiro atoms. The highest BCUT2D eigenvalue weighted by Gasteiger charge is 2.36. The first kappa shape index (κ1) is 15.2. The van der Waals surface area contributed by atoms with Gasteiger partial charge < -0.3 is 10.1 Å². The van der Waals surface area contributed by atoms with Gasteiger partial charge in [0, 0.05) is 32.7 Å². The van der Waals surface area contributed by atoms with Crippen LogP contribution in [0.3, 0.4) is 0 Å². The number of nitrogens with zero attached hydrogens (tertiary/aromatic N) is 2. The Morgan fingerprint density at radius 1 is 1.26 bits per heavy atom. The van der Waals surface area contributed by atoms with Crippen LogP contribution in [0, 0.1) is 0 Å². The summed E-state index contributed by atoms with van der Waals surface area (Å²) in [5, 5.41) is 3.26. The number of rotatable bonds is 3. The van der Waals surface area contributed by atoms with Crippen molar-refractivity contribution in [3.63, 3.8) is 0 Å². The molecule has 0 radical (unpaired) electrons. The Bertz CT molecular complexity index is 385. The maximum atomic E-state index is 12.6. The second-order valence-electron chi connectivity index (χ2n) is 5.60. The summed E-state index contributed by atoms with van der Waals surface area (Å²) in [4.78, 5) is 0. The molecule has 0 saturated carbocycles. The minimum atomic E-state index is -3.38. The van der Waals surface area contributed by atoms with Gasteiger partial charge in [-0.15, -0.1) is 0 Å². The van der Waals surface area contributed by atoms with Crippen molar-refractivity contribution >= 4 is 10.2 Å². The summed E-state index contributed by atoms with van der Waals surface area (Å²) >= 11 is 0. The SMILES string of the molecule is CC1CN(S(=O)(=O)N(C)C2CCCNC2)CC(C)O1. The number of hydrogen-bond acceptors (Lipinski definition) is 4. The minimum Gasteiger partial charge on any atom is -0.373 e. The number of morpholine rings is 1. The van der Waals surface area contributed by atoms with Gasteiger partial charge in [-0.1, -0.05) is 0 Å². The fraction of sp³-hybridized carbons (Fsp3) is 1.00. The fourth-order valence-electron chi connectivity index (χ4n) is 2.83. The molecule has 2 saturated heterocycles. The van der Waals surface area contributed by atoms with Crippen LogP contribution in [0.15, 0.2) is 0 Å². The van der Waals surface area contributed by atoms with E-state index in [0.29, 0.717) is 13.1 Å². The van der Waals surface area contributed by atoms with Crippen LogP contribution in [0.5, 0.6) is 0 Å². The fourth-order valence-corrected chi connectivity index (χ4v) is 4.55. The lowest BCUT2D eigenvalue weighted by molar-refractivity contribution is -0.0456. The Labute approximate surface area is 116 Å². The molecule has 0 aromatic heterocycles. The first-order chi connectivity index (χ1) is 8.91. The largest absolute Gasteiger partial charge is 0.373 e. The molecular weight excluding hydrogens is 266 g/mol. The van der Waals surface area contributed by atoms with Gasteiger partial charge in [0.2, 0.25) is 0 Å². The molecule has 6 nitrogen and oxygen atoms in total. The lowest BCUT2D eigenvalue weighted by Gasteiger charge is -2.39. The summed E-state index contributed by atoms with van der Waals surface area (Å²) in [5.41, 5.74) is 0. The normalized spacial score (nSPS) is 34.6. The monoisotopic (exact) mass is 291 g/mol. The van der Waals surface area contributed by atoms with E-state index in [2.05, 4.69) is 5.32 Å². The van der Waals surface area contributed by atoms with Crippen molar-refractivity contribution < 1.29 is 13.2 Å². The average Bonchev–Trinajstić information content (AvgIpc) is 2.37. The Balaban J connectivity index is 2.07. The minimum absolute atomic E-state index is 0.0450. The first-order valence-electron chi connectivity index (χ1n) is 7.00. The number of nitrogens with one attached hydrogen (secondary N) is 1. The van der Waals surface area contributed by atoms with Gasteiger partial charge in [0.1, 0.15) is 0 Å². The van der Waals surface area contributed by atoms with E-state index in [9.17, 15) is 8.42 Å². The Morgan fingerprint density at radius 2 is 1.89 bits per heavy atom. The van der Waals surface area contributed by atoms with Crippen LogP contribution in [-0.4, -0.2) is 68.5 Å². The van der Waals surface area contributed by atoms with E-state index in [1.807, 2.05) is 13.8 Å². The molecule has 112 valence electrons. The van der Waals surface area contributed by atoms with Gasteiger partial charge in [0.25, 0.3) is 10.2 Å². The highest BCUT2D eigenvalue weighted by atomic mass is 32.2. The number of hydrogen-bond donors (Lipinski definition) is 1. The van der Waals surface area contributed by atoms with Crippen molar-refractivity contribution in [2.24, 2.45) is 0 Å². The maximum Gasteiger partial charge on any atom is 0.282 e. The summed E-state index contributed by atoms with van der Waals surface area (Å²) in [6.45, 7) is 6.44. The molecule has 2 aliphatic heterocycles. The number of ether oxygens (including phenoxy) is 1. The van der Waals surface area contributed by atoms with Gasteiger partial charge >= 0.3 is 0 Å². The third-order valence-corrected chi connectivity index (χ3v) is 5.84. The van der Waals surface area contributed by atoms with Crippen molar-refractivity contribution in [3.8, 4) is 0 Å². The molecule has 2 heterocycles. The third-order valence-electron chi connectivity index (χ3n) is 3.86.